The number of hydrogen-bond donors (Lipinski definition) is 0. The lowest BCUT2D eigenvalue weighted by Gasteiger charge is -2.09. The molecule has 2 rings (SSSR count). The van der Waals surface area contributed by atoms with Crippen molar-refractivity contribution in [1.82, 2.24) is 19.7 Å². The Kier molecular flexibility index (Phi) is 4.31. The Balaban J connectivity index is 2.30. The van der Waals surface area contributed by atoms with Crippen LogP contribution in [0.5, 0.6) is 0 Å². The number of pyridine rings is 1. The van der Waals surface area contributed by atoms with Crippen LogP contribution in [0.15, 0.2) is 18.3 Å². The maximum absolute atomic E-state index is 6.09. The molecule has 0 aliphatic carbocycles. The monoisotopic (exact) mass is 264 g/mol. The maximum atomic E-state index is 6.09. The molecule has 4 nitrogen and oxygen atoms in total. The minimum Gasteiger partial charge on any atom is -0.296 e. The summed E-state index contributed by atoms with van der Waals surface area (Å²) in [5, 5.41) is 8.48. The standard InChI is InChI=1S/C13H17ClN4/c1-3-6-12-16-17-13(14)18(12)9-11-10(4-2)7-5-8-15-11/h5,7-8H,3-4,6,9H2,1-2H3. The highest BCUT2D eigenvalue weighted by atomic mass is 35.5. The molecule has 0 aromatic carbocycles. The highest BCUT2D eigenvalue weighted by Gasteiger charge is 2.12. The summed E-state index contributed by atoms with van der Waals surface area (Å²) >= 11 is 6.09. The van der Waals surface area contributed by atoms with Gasteiger partial charge in [0.05, 0.1) is 12.2 Å². The summed E-state index contributed by atoms with van der Waals surface area (Å²) in [4.78, 5) is 4.43. The number of aryl methyl sites for hydroxylation is 2. The average molecular weight is 265 g/mol. The molecule has 18 heavy (non-hydrogen) atoms. The van der Waals surface area contributed by atoms with E-state index in [0.717, 1.165) is 30.8 Å². The van der Waals surface area contributed by atoms with Crippen molar-refractivity contribution in [1.29, 1.82) is 0 Å². The van der Waals surface area contributed by atoms with Crippen molar-refractivity contribution in [3.63, 3.8) is 0 Å². The Morgan fingerprint density at radius 3 is 2.83 bits per heavy atom. The fourth-order valence-corrected chi connectivity index (χ4v) is 2.16. The van der Waals surface area contributed by atoms with E-state index in [1.165, 1.54) is 5.56 Å². The van der Waals surface area contributed by atoms with Gasteiger partial charge >= 0.3 is 0 Å². The average Bonchev–Trinajstić information content (AvgIpc) is 2.73. The molecular formula is C13H17ClN4. The zero-order valence-corrected chi connectivity index (χ0v) is 11.5. The number of nitrogens with zero attached hydrogens (tertiary/aromatic N) is 4. The molecule has 0 saturated carbocycles. The summed E-state index contributed by atoms with van der Waals surface area (Å²) in [5.41, 5.74) is 2.28. The van der Waals surface area contributed by atoms with Crippen LogP contribution in [0.2, 0.25) is 5.28 Å². The minimum absolute atomic E-state index is 0.436. The van der Waals surface area contributed by atoms with E-state index in [1.807, 2.05) is 16.8 Å². The molecule has 2 heterocycles. The largest absolute Gasteiger partial charge is 0.296 e. The Bertz CT molecular complexity index is 521. The number of rotatable bonds is 5. The summed E-state index contributed by atoms with van der Waals surface area (Å²) in [6.45, 7) is 4.89. The van der Waals surface area contributed by atoms with Gasteiger partial charge in [0, 0.05) is 12.6 Å². The first kappa shape index (κ1) is 13.0. The molecule has 96 valence electrons. The second-order valence-corrected chi connectivity index (χ2v) is 4.52. The lowest BCUT2D eigenvalue weighted by molar-refractivity contribution is 0.688. The third-order valence-electron chi connectivity index (χ3n) is 2.93. The second kappa shape index (κ2) is 5.96. The zero-order chi connectivity index (χ0) is 13.0. The van der Waals surface area contributed by atoms with Gasteiger partial charge in [-0.2, -0.15) is 0 Å². The van der Waals surface area contributed by atoms with Crippen LogP contribution < -0.4 is 0 Å². The fraction of sp³-hybridized carbons (Fsp3) is 0.462. The second-order valence-electron chi connectivity index (χ2n) is 4.18. The van der Waals surface area contributed by atoms with Crippen molar-refractivity contribution in [3.8, 4) is 0 Å². The van der Waals surface area contributed by atoms with Gasteiger partial charge in [0.2, 0.25) is 5.28 Å². The van der Waals surface area contributed by atoms with Gasteiger partial charge in [-0.05, 0) is 36.1 Å². The van der Waals surface area contributed by atoms with Crippen molar-refractivity contribution < 1.29 is 0 Å². The van der Waals surface area contributed by atoms with Gasteiger partial charge in [0.1, 0.15) is 5.82 Å². The SMILES string of the molecule is CCCc1nnc(Cl)n1Cc1ncccc1CC. The van der Waals surface area contributed by atoms with Crippen LogP contribution in [-0.2, 0) is 19.4 Å². The Morgan fingerprint density at radius 2 is 2.11 bits per heavy atom. The Morgan fingerprint density at radius 1 is 1.28 bits per heavy atom. The van der Waals surface area contributed by atoms with E-state index in [2.05, 4.69) is 35.1 Å². The molecule has 0 atom stereocenters. The quantitative estimate of drug-likeness (QED) is 0.834. The molecule has 0 amide bonds. The van der Waals surface area contributed by atoms with E-state index in [4.69, 9.17) is 11.6 Å². The van der Waals surface area contributed by atoms with Crippen molar-refractivity contribution in [3.05, 3.63) is 40.7 Å². The van der Waals surface area contributed by atoms with Crippen molar-refractivity contribution >= 4 is 11.6 Å². The smallest absolute Gasteiger partial charge is 0.225 e. The number of hydrogen-bond acceptors (Lipinski definition) is 3. The normalized spacial score (nSPS) is 10.8. The molecule has 5 heteroatoms. The third kappa shape index (κ3) is 2.70. The first-order valence-corrected chi connectivity index (χ1v) is 6.64. The highest BCUT2D eigenvalue weighted by Crippen LogP contribution is 2.15. The molecule has 2 aromatic heterocycles. The number of halogens is 1. The van der Waals surface area contributed by atoms with Gasteiger partial charge in [-0.1, -0.05) is 19.9 Å². The van der Waals surface area contributed by atoms with E-state index in [9.17, 15) is 0 Å². The number of aromatic nitrogens is 4. The molecular weight excluding hydrogens is 248 g/mol. The molecule has 0 unspecified atom stereocenters. The van der Waals surface area contributed by atoms with Crippen LogP contribution >= 0.6 is 11.6 Å². The topological polar surface area (TPSA) is 43.6 Å². The molecule has 0 N–H and O–H groups in total. The summed E-state index contributed by atoms with van der Waals surface area (Å²) < 4.78 is 1.94. The minimum atomic E-state index is 0.436. The fourth-order valence-electron chi connectivity index (χ4n) is 1.96. The van der Waals surface area contributed by atoms with Crippen LogP contribution in [0.4, 0.5) is 0 Å². The van der Waals surface area contributed by atoms with Gasteiger partial charge in [-0.25, -0.2) is 0 Å². The van der Waals surface area contributed by atoms with Gasteiger partial charge < -0.3 is 0 Å². The molecule has 0 bridgehead atoms. The van der Waals surface area contributed by atoms with Gasteiger partial charge in [0.15, 0.2) is 0 Å². The maximum Gasteiger partial charge on any atom is 0.225 e. The predicted molar refractivity (Wildman–Crippen MR) is 71.7 cm³/mol. The zero-order valence-electron chi connectivity index (χ0n) is 10.7. The summed E-state index contributed by atoms with van der Waals surface area (Å²) in [5.74, 6) is 0.926. The molecule has 2 aromatic rings. The van der Waals surface area contributed by atoms with Gasteiger partial charge in [-0.3, -0.25) is 9.55 Å². The molecule has 0 spiro atoms. The van der Waals surface area contributed by atoms with Crippen molar-refractivity contribution in [2.24, 2.45) is 0 Å². The van der Waals surface area contributed by atoms with E-state index >= 15 is 0 Å². The molecule has 0 saturated heterocycles. The predicted octanol–water partition coefficient (Wildman–Crippen LogP) is 2.89. The van der Waals surface area contributed by atoms with Crippen LogP contribution in [0, 0.1) is 0 Å². The van der Waals surface area contributed by atoms with E-state index < -0.39 is 0 Å². The molecule has 0 fully saturated rings. The Labute approximate surface area is 112 Å². The summed E-state index contributed by atoms with van der Waals surface area (Å²) in [7, 11) is 0. The molecule has 0 aliphatic rings. The third-order valence-corrected chi connectivity index (χ3v) is 3.21. The van der Waals surface area contributed by atoms with E-state index in [-0.39, 0.29) is 0 Å². The summed E-state index contributed by atoms with van der Waals surface area (Å²) in [6, 6.07) is 4.06. The van der Waals surface area contributed by atoms with Gasteiger partial charge in [-0.15, -0.1) is 10.2 Å². The van der Waals surface area contributed by atoms with E-state index in [1.54, 1.807) is 0 Å². The lowest BCUT2D eigenvalue weighted by Crippen LogP contribution is -2.09. The van der Waals surface area contributed by atoms with Crippen LogP contribution in [0.1, 0.15) is 37.4 Å². The van der Waals surface area contributed by atoms with Gasteiger partial charge in [0.25, 0.3) is 0 Å². The summed E-state index contributed by atoms with van der Waals surface area (Å²) in [6.07, 6.45) is 4.68. The van der Waals surface area contributed by atoms with Crippen LogP contribution in [0.3, 0.4) is 0 Å². The van der Waals surface area contributed by atoms with Crippen molar-refractivity contribution in [2.75, 3.05) is 0 Å². The molecule has 0 radical (unpaired) electrons. The van der Waals surface area contributed by atoms with Crippen LogP contribution in [0.25, 0.3) is 0 Å². The first-order valence-electron chi connectivity index (χ1n) is 6.26. The van der Waals surface area contributed by atoms with Crippen molar-refractivity contribution in [2.45, 2.75) is 39.7 Å². The Hall–Kier alpha value is -1.42. The highest BCUT2D eigenvalue weighted by molar-refractivity contribution is 6.28. The van der Waals surface area contributed by atoms with E-state index in [0.29, 0.717) is 11.8 Å². The lowest BCUT2D eigenvalue weighted by atomic mass is 10.1. The first-order chi connectivity index (χ1) is 8.76. The molecule has 0 aliphatic heterocycles. The van der Waals surface area contributed by atoms with Crippen LogP contribution in [-0.4, -0.2) is 19.7 Å².